The molecule has 2 amide bonds. The molecular weight excluding hydrogens is 310 g/mol. The number of ether oxygens (including phenoxy) is 1. The van der Waals surface area contributed by atoms with Gasteiger partial charge in [0.05, 0.1) is 16.6 Å². The van der Waals surface area contributed by atoms with Crippen molar-refractivity contribution in [1.82, 2.24) is 5.32 Å². The number of nitrogens with one attached hydrogen (secondary N) is 2. The van der Waals surface area contributed by atoms with Crippen molar-refractivity contribution < 1.29 is 22.7 Å². The van der Waals surface area contributed by atoms with E-state index in [9.17, 15) is 18.0 Å². The molecule has 2 atom stereocenters. The van der Waals surface area contributed by atoms with Crippen LogP contribution in [0.5, 0.6) is 5.75 Å². The topological polar surface area (TPSA) is 128 Å². The third kappa shape index (κ3) is 2.32. The summed E-state index contributed by atoms with van der Waals surface area (Å²) in [5.74, 6) is -0.693. The fourth-order valence-electron chi connectivity index (χ4n) is 2.63. The smallest absolute Gasteiger partial charge is 0.270 e. The summed E-state index contributed by atoms with van der Waals surface area (Å²) in [6.07, 6.45) is 1.18. The molecule has 2 aliphatic heterocycles. The summed E-state index contributed by atoms with van der Waals surface area (Å²) in [4.78, 5) is 23.6. The SMILES string of the molecule is CS(=O)(=O)c1ccc2c(c1)O[C@]1(CN[C@H](C(N)=O)C1)C(=O)N2. The van der Waals surface area contributed by atoms with Crippen LogP contribution in [0, 0.1) is 0 Å². The molecule has 0 unspecified atom stereocenters. The highest BCUT2D eigenvalue weighted by atomic mass is 32.2. The van der Waals surface area contributed by atoms with Gasteiger partial charge in [-0.3, -0.25) is 9.59 Å². The van der Waals surface area contributed by atoms with Crippen molar-refractivity contribution in [3.8, 4) is 5.75 Å². The number of fused-ring (bicyclic) bond motifs is 1. The Morgan fingerprint density at radius 3 is 2.77 bits per heavy atom. The summed E-state index contributed by atoms with van der Waals surface area (Å²) >= 11 is 0. The average Bonchev–Trinajstić information content (AvgIpc) is 2.84. The monoisotopic (exact) mass is 325 g/mol. The van der Waals surface area contributed by atoms with E-state index in [2.05, 4.69) is 10.6 Å². The average molecular weight is 325 g/mol. The molecule has 8 nitrogen and oxygen atoms in total. The number of hydrogen-bond donors (Lipinski definition) is 3. The Labute approximate surface area is 126 Å². The van der Waals surface area contributed by atoms with E-state index in [0.717, 1.165) is 6.26 Å². The number of sulfone groups is 1. The van der Waals surface area contributed by atoms with Crippen molar-refractivity contribution >= 4 is 27.3 Å². The predicted octanol–water partition coefficient (Wildman–Crippen LogP) is -0.993. The number of primary amides is 1. The van der Waals surface area contributed by atoms with Crippen molar-refractivity contribution in [2.24, 2.45) is 5.73 Å². The maximum absolute atomic E-state index is 12.3. The Hall–Kier alpha value is -2.13. The van der Waals surface area contributed by atoms with Gasteiger partial charge in [0.25, 0.3) is 5.91 Å². The molecule has 0 aromatic heterocycles. The van der Waals surface area contributed by atoms with Crippen molar-refractivity contribution in [1.29, 1.82) is 0 Å². The maximum Gasteiger partial charge on any atom is 0.270 e. The van der Waals surface area contributed by atoms with Gasteiger partial charge in [-0.05, 0) is 12.1 Å². The van der Waals surface area contributed by atoms with E-state index in [4.69, 9.17) is 10.5 Å². The largest absolute Gasteiger partial charge is 0.474 e. The Morgan fingerprint density at radius 2 is 2.18 bits per heavy atom. The van der Waals surface area contributed by atoms with Crippen LogP contribution in [0.1, 0.15) is 6.42 Å². The van der Waals surface area contributed by atoms with Crippen LogP contribution in [-0.4, -0.2) is 44.7 Å². The lowest BCUT2D eigenvalue weighted by Crippen LogP contribution is -2.52. The molecule has 0 aliphatic carbocycles. The van der Waals surface area contributed by atoms with Gasteiger partial charge in [0.15, 0.2) is 9.84 Å². The minimum atomic E-state index is -3.39. The van der Waals surface area contributed by atoms with Gasteiger partial charge >= 0.3 is 0 Å². The summed E-state index contributed by atoms with van der Waals surface area (Å²) in [6, 6.07) is 3.58. The van der Waals surface area contributed by atoms with Crippen molar-refractivity contribution in [3.05, 3.63) is 18.2 Å². The zero-order valence-corrected chi connectivity index (χ0v) is 12.6. The van der Waals surface area contributed by atoms with Gasteiger partial charge in [-0.2, -0.15) is 0 Å². The standard InChI is InChI=1S/C13H15N3O5S/c1-22(19,20)7-2-3-8-10(4-7)21-13(12(18)16-8)5-9(11(14)17)15-6-13/h2-4,9,15H,5-6H2,1H3,(H2,14,17)(H,16,18)/t9-,13+/m0/s1. The Bertz CT molecular complexity index is 776. The van der Waals surface area contributed by atoms with Crippen LogP contribution in [0.25, 0.3) is 0 Å². The first-order valence-corrected chi connectivity index (χ1v) is 8.48. The quantitative estimate of drug-likeness (QED) is 0.640. The van der Waals surface area contributed by atoms with Gasteiger partial charge in [0.1, 0.15) is 5.75 Å². The molecule has 2 heterocycles. The number of nitrogens with two attached hydrogens (primary N) is 1. The molecule has 4 N–H and O–H groups in total. The molecule has 1 fully saturated rings. The molecule has 9 heteroatoms. The highest BCUT2D eigenvalue weighted by molar-refractivity contribution is 7.90. The van der Waals surface area contributed by atoms with E-state index in [0.29, 0.717) is 5.69 Å². The fraction of sp³-hybridized carbons (Fsp3) is 0.385. The molecule has 2 aliphatic rings. The number of anilines is 1. The Morgan fingerprint density at radius 1 is 1.45 bits per heavy atom. The molecule has 22 heavy (non-hydrogen) atoms. The number of carbonyl (C=O) groups excluding carboxylic acids is 2. The van der Waals surface area contributed by atoms with Crippen molar-refractivity contribution in [2.45, 2.75) is 23.0 Å². The summed E-state index contributed by atoms with van der Waals surface area (Å²) in [5.41, 5.74) is 4.37. The lowest BCUT2D eigenvalue weighted by Gasteiger charge is -2.34. The third-order valence-electron chi connectivity index (χ3n) is 3.86. The molecule has 1 aromatic rings. The second kappa shape index (κ2) is 4.68. The molecule has 3 rings (SSSR count). The van der Waals surface area contributed by atoms with Crippen LogP contribution in [0.3, 0.4) is 0 Å². The molecule has 0 saturated carbocycles. The number of hydrogen-bond acceptors (Lipinski definition) is 6. The minimum absolute atomic E-state index is 0.0926. The van der Waals surface area contributed by atoms with Gasteiger partial charge in [0.2, 0.25) is 11.5 Å². The van der Waals surface area contributed by atoms with E-state index in [1.165, 1.54) is 18.2 Å². The van der Waals surface area contributed by atoms with Gasteiger partial charge < -0.3 is 21.1 Å². The van der Waals surface area contributed by atoms with Crippen molar-refractivity contribution in [3.63, 3.8) is 0 Å². The normalized spacial score (nSPS) is 27.1. The predicted molar refractivity (Wildman–Crippen MR) is 77.1 cm³/mol. The first-order chi connectivity index (χ1) is 10.2. The van der Waals surface area contributed by atoms with Gasteiger partial charge in [0, 0.05) is 25.3 Å². The Balaban J connectivity index is 1.97. The molecule has 118 valence electrons. The maximum atomic E-state index is 12.3. The van der Waals surface area contributed by atoms with E-state index >= 15 is 0 Å². The molecular formula is C13H15N3O5S. The molecule has 1 spiro atoms. The molecule has 0 bridgehead atoms. The van der Waals surface area contributed by atoms with Crippen LogP contribution in [0.4, 0.5) is 5.69 Å². The van der Waals surface area contributed by atoms with Crippen LogP contribution < -0.4 is 21.1 Å². The Kier molecular flexibility index (Phi) is 3.15. The van der Waals surface area contributed by atoms with E-state index in [1.54, 1.807) is 0 Å². The second-order valence-corrected chi connectivity index (χ2v) is 7.54. The third-order valence-corrected chi connectivity index (χ3v) is 4.97. The van der Waals surface area contributed by atoms with Gasteiger partial charge in [-0.15, -0.1) is 0 Å². The van der Waals surface area contributed by atoms with Crippen LogP contribution in [0.15, 0.2) is 23.1 Å². The van der Waals surface area contributed by atoms with Gasteiger partial charge in [-0.1, -0.05) is 0 Å². The number of benzene rings is 1. The summed E-state index contributed by atoms with van der Waals surface area (Å²) in [7, 11) is -3.39. The summed E-state index contributed by atoms with van der Waals surface area (Å²) < 4.78 is 29.0. The minimum Gasteiger partial charge on any atom is -0.474 e. The number of amides is 2. The first-order valence-electron chi connectivity index (χ1n) is 6.59. The zero-order valence-electron chi connectivity index (χ0n) is 11.8. The first kappa shape index (κ1) is 14.8. The van der Waals surface area contributed by atoms with Crippen LogP contribution in [-0.2, 0) is 19.4 Å². The zero-order chi connectivity index (χ0) is 16.1. The highest BCUT2D eigenvalue weighted by Gasteiger charge is 2.51. The van der Waals surface area contributed by atoms with Crippen LogP contribution >= 0.6 is 0 Å². The molecule has 1 aromatic carbocycles. The lowest BCUT2D eigenvalue weighted by molar-refractivity contribution is -0.131. The van der Waals surface area contributed by atoms with E-state index in [1.807, 2.05) is 0 Å². The van der Waals surface area contributed by atoms with E-state index < -0.39 is 27.4 Å². The molecule has 1 saturated heterocycles. The lowest BCUT2D eigenvalue weighted by atomic mass is 9.96. The molecule has 0 radical (unpaired) electrons. The number of carbonyl (C=O) groups is 2. The van der Waals surface area contributed by atoms with Gasteiger partial charge in [-0.25, -0.2) is 8.42 Å². The second-order valence-electron chi connectivity index (χ2n) is 5.52. The fourth-order valence-corrected chi connectivity index (χ4v) is 3.26. The summed E-state index contributed by atoms with van der Waals surface area (Å²) in [5, 5.41) is 5.52. The van der Waals surface area contributed by atoms with E-state index in [-0.39, 0.29) is 29.5 Å². The van der Waals surface area contributed by atoms with Crippen molar-refractivity contribution in [2.75, 3.05) is 18.1 Å². The van der Waals surface area contributed by atoms with Crippen LogP contribution in [0.2, 0.25) is 0 Å². The summed E-state index contributed by atoms with van der Waals surface area (Å²) in [6.45, 7) is 0.120. The highest BCUT2D eigenvalue weighted by Crippen LogP contribution is 2.38. The number of rotatable bonds is 2.